The smallest absolute Gasteiger partial charge is 0.261 e. The summed E-state index contributed by atoms with van der Waals surface area (Å²) in [6.45, 7) is 13.2. The Hall–Kier alpha value is -0.870. The number of nitrogens with zero attached hydrogens (tertiary/aromatic N) is 2. The number of carbonyl (C=O) groups is 1. The SMILES string of the molecule is CCNC(=NCCCNC(=O)c1cccs1)NC1CN(C(C)C)CC1C.I. The highest BCUT2D eigenvalue weighted by Gasteiger charge is 2.31. The molecule has 0 spiro atoms. The fourth-order valence-electron chi connectivity index (χ4n) is 3.08. The number of guanidine groups is 1. The number of nitrogens with one attached hydrogen (secondary N) is 3. The van der Waals surface area contributed by atoms with Crippen molar-refractivity contribution in [3.63, 3.8) is 0 Å². The van der Waals surface area contributed by atoms with Crippen molar-refractivity contribution >= 4 is 47.2 Å². The third-order valence-electron chi connectivity index (χ3n) is 4.67. The van der Waals surface area contributed by atoms with Crippen LogP contribution in [0.2, 0.25) is 0 Å². The molecule has 1 aliphatic heterocycles. The third-order valence-corrected chi connectivity index (χ3v) is 5.54. The second-order valence-corrected chi connectivity index (χ2v) is 8.07. The van der Waals surface area contributed by atoms with Crippen LogP contribution in [-0.2, 0) is 0 Å². The zero-order valence-electron chi connectivity index (χ0n) is 16.8. The highest BCUT2D eigenvalue weighted by molar-refractivity contribution is 14.0. The normalized spacial score (nSPS) is 20.4. The first kappa shape index (κ1) is 24.2. The number of carbonyl (C=O) groups excluding carboxylic acids is 1. The predicted molar refractivity (Wildman–Crippen MR) is 125 cm³/mol. The molecule has 3 N–H and O–H groups in total. The van der Waals surface area contributed by atoms with Crippen LogP contribution in [0, 0.1) is 5.92 Å². The van der Waals surface area contributed by atoms with E-state index >= 15 is 0 Å². The van der Waals surface area contributed by atoms with Gasteiger partial charge in [0.2, 0.25) is 0 Å². The lowest BCUT2D eigenvalue weighted by molar-refractivity contribution is 0.0957. The van der Waals surface area contributed by atoms with E-state index in [0.717, 1.165) is 36.9 Å². The van der Waals surface area contributed by atoms with Gasteiger partial charge in [-0.1, -0.05) is 13.0 Å². The molecule has 2 heterocycles. The van der Waals surface area contributed by atoms with Crippen LogP contribution in [-0.4, -0.2) is 61.6 Å². The van der Waals surface area contributed by atoms with E-state index in [1.807, 2.05) is 17.5 Å². The first-order valence-corrected chi connectivity index (χ1v) is 10.5. The van der Waals surface area contributed by atoms with Gasteiger partial charge < -0.3 is 16.0 Å². The molecule has 2 atom stereocenters. The molecule has 1 aromatic heterocycles. The molecular formula is C19H34IN5OS. The molecular weight excluding hydrogens is 473 g/mol. The monoisotopic (exact) mass is 507 g/mol. The van der Waals surface area contributed by atoms with Crippen molar-refractivity contribution in [3.05, 3.63) is 22.4 Å². The molecule has 1 saturated heterocycles. The summed E-state index contributed by atoms with van der Waals surface area (Å²) in [5.41, 5.74) is 0. The number of amides is 1. The molecule has 0 bridgehead atoms. The van der Waals surface area contributed by atoms with Crippen molar-refractivity contribution in [1.82, 2.24) is 20.9 Å². The second kappa shape index (κ2) is 12.6. The molecule has 154 valence electrons. The number of likely N-dealkylation sites (tertiary alicyclic amines) is 1. The van der Waals surface area contributed by atoms with Crippen LogP contribution in [0.25, 0.3) is 0 Å². The number of halogens is 1. The van der Waals surface area contributed by atoms with Crippen LogP contribution in [0.3, 0.4) is 0 Å². The highest BCUT2D eigenvalue weighted by Crippen LogP contribution is 2.18. The van der Waals surface area contributed by atoms with E-state index < -0.39 is 0 Å². The summed E-state index contributed by atoms with van der Waals surface area (Å²) >= 11 is 1.46. The zero-order chi connectivity index (χ0) is 18.9. The van der Waals surface area contributed by atoms with E-state index in [-0.39, 0.29) is 29.9 Å². The maximum absolute atomic E-state index is 11.9. The van der Waals surface area contributed by atoms with E-state index in [9.17, 15) is 4.79 Å². The molecule has 0 radical (unpaired) electrons. The van der Waals surface area contributed by atoms with Gasteiger partial charge in [-0.25, -0.2) is 0 Å². The minimum Gasteiger partial charge on any atom is -0.357 e. The van der Waals surface area contributed by atoms with Crippen LogP contribution in [0.15, 0.2) is 22.5 Å². The standard InChI is InChI=1S/C19H33N5OS.HI/c1-5-20-19(23-16-13-24(14(2)3)12-15(16)4)22-10-7-9-21-18(25)17-8-6-11-26-17;/h6,8,11,14-16H,5,7,9-10,12-13H2,1-4H3,(H,21,25)(H2,20,22,23);1H. The van der Waals surface area contributed by atoms with Gasteiger partial charge in [-0.15, -0.1) is 35.3 Å². The fourth-order valence-corrected chi connectivity index (χ4v) is 3.72. The molecule has 2 unspecified atom stereocenters. The minimum atomic E-state index is 0. The molecule has 2 rings (SSSR count). The Labute approximate surface area is 184 Å². The highest BCUT2D eigenvalue weighted by atomic mass is 127. The van der Waals surface area contributed by atoms with Gasteiger partial charge in [-0.2, -0.15) is 0 Å². The van der Waals surface area contributed by atoms with Crippen molar-refractivity contribution in [3.8, 4) is 0 Å². The molecule has 8 heteroatoms. The Balaban J connectivity index is 0.00000364. The van der Waals surface area contributed by atoms with E-state index in [1.165, 1.54) is 11.3 Å². The molecule has 0 aromatic carbocycles. The fraction of sp³-hybridized carbons (Fsp3) is 0.684. The molecule has 1 aliphatic rings. The van der Waals surface area contributed by atoms with Gasteiger partial charge >= 0.3 is 0 Å². The van der Waals surface area contributed by atoms with Crippen LogP contribution < -0.4 is 16.0 Å². The Kier molecular flexibility index (Phi) is 11.2. The Morgan fingerprint density at radius 1 is 1.37 bits per heavy atom. The van der Waals surface area contributed by atoms with Crippen molar-refractivity contribution in [2.45, 2.75) is 46.2 Å². The first-order chi connectivity index (χ1) is 12.5. The molecule has 27 heavy (non-hydrogen) atoms. The quantitative estimate of drug-likeness (QED) is 0.219. The molecule has 1 aromatic rings. The largest absolute Gasteiger partial charge is 0.357 e. The molecule has 0 aliphatic carbocycles. The van der Waals surface area contributed by atoms with Crippen LogP contribution in [0.1, 0.15) is 43.8 Å². The Bertz CT molecular complexity index is 579. The topological polar surface area (TPSA) is 68.8 Å². The lowest BCUT2D eigenvalue weighted by Crippen LogP contribution is -2.47. The van der Waals surface area contributed by atoms with Crippen molar-refractivity contribution in [2.24, 2.45) is 10.9 Å². The van der Waals surface area contributed by atoms with Gasteiger partial charge in [0.05, 0.1) is 4.88 Å². The lowest BCUT2D eigenvalue weighted by atomic mass is 10.1. The maximum Gasteiger partial charge on any atom is 0.261 e. The summed E-state index contributed by atoms with van der Waals surface area (Å²) in [7, 11) is 0. The third kappa shape index (κ3) is 7.95. The number of aliphatic imine (C=N–C) groups is 1. The van der Waals surface area contributed by atoms with E-state index in [4.69, 9.17) is 0 Å². The second-order valence-electron chi connectivity index (χ2n) is 7.12. The van der Waals surface area contributed by atoms with Gasteiger partial charge in [0.1, 0.15) is 0 Å². The van der Waals surface area contributed by atoms with Crippen LogP contribution in [0.5, 0.6) is 0 Å². The summed E-state index contributed by atoms with van der Waals surface area (Å²) in [5, 5.41) is 11.8. The van der Waals surface area contributed by atoms with Gasteiger partial charge in [-0.05, 0) is 44.6 Å². The Morgan fingerprint density at radius 3 is 2.74 bits per heavy atom. The molecule has 1 fully saturated rings. The average Bonchev–Trinajstić information content (AvgIpc) is 3.25. The molecule has 6 nitrogen and oxygen atoms in total. The predicted octanol–water partition coefficient (Wildman–Crippen LogP) is 2.77. The summed E-state index contributed by atoms with van der Waals surface area (Å²) < 4.78 is 0. The summed E-state index contributed by atoms with van der Waals surface area (Å²) in [6.07, 6.45) is 0.825. The van der Waals surface area contributed by atoms with Crippen molar-refractivity contribution in [2.75, 3.05) is 32.7 Å². The first-order valence-electron chi connectivity index (χ1n) is 9.61. The summed E-state index contributed by atoms with van der Waals surface area (Å²) in [5.74, 6) is 1.48. The number of thiophene rings is 1. The number of hydrogen-bond donors (Lipinski definition) is 3. The Morgan fingerprint density at radius 2 is 2.15 bits per heavy atom. The van der Waals surface area contributed by atoms with Crippen molar-refractivity contribution < 1.29 is 4.79 Å². The van der Waals surface area contributed by atoms with E-state index in [1.54, 1.807) is 0 Å². The average molecular weight is 507 g/mol. The van der Waals surface area contributed by atoms with Gasteiger partial charge in [-0.3, -0.25) is 14.7 Å². The van der Waals surface area contributed by atoms with E-state index in [2.05, 4.69) is 53.5 Å². The van der Waals surface area contributed by atoms with E-state index in [0.29, 0.717) is 31.1 Å². The van der Waals surface area contributed by atoms with Gasteiger partial charge in [0.15, 0.2) is 5.96 Å². The minimum absolute atomic E-state index is 0. The lowest BCUT2D eigenvalue weighted by Gasteiger charge is -2.22. The van der Waals surface area contributed by atoms with Gasteiger partial charge in [0.25, 0.3) is 5.91 Å². The zero-order valence-corrected chi connectivity index (χ0v) is 20.0. The number of hydrogen-bond acceptors (Lipinski definition) is 4. The molecule has 0 saturated carbocycles. The maximum atomic E-state index is 11.9. The summed E-state index contributed by atoms with van der Waals surface area (Å²) in [6, 6.07) is 4.74. The van der Waals surface area contributed by atoms with Crippen molar-refractivity contribution in [1.29, 1.82) is 0 Å². The summed E-state index contributed by atoms with van der Waals surface area (Å²) in [4.78, 5) is 19.8. The molecule has 1 amide bonds. The van der Waals surface area contributed by atoms with Gasteiger partial charge in [0, 0.05) is 44.8 Å². The number of rotatable bonds is 8. The van der Waals surface area contributed by atoms with Crippen LogP contribution >= 0.6 is 35.3 Å². The van der Waals surface area contributed by atoms with Crippen LogP contribution in [0.4, 0.5) is 0 Å².